The average Bonchev–Trinajstić information content (AvgIpc) is 2.79. The molecule has 0 radical (unpaired) electrons. The number of nitrogen functional groups attached to an aromatic ring is 1. The first-order chi connectivity index (χ1) is 9.15. The highest BCUT2D eigenvalue weighted by Gasteiger charge is 2.09. The Morgan fingerprint density at radius 3 is 2.79 bits per heavy atom. The topological polar surface area (TPSA) is 64.1 Å². The molecule has 5 heteroatoms. The number of nitrogens with zero attached hydrogens (tertiary/aromatic N) is 1. The lowest BCUT2D eigenvalue weighted by molar-refractivity contribution is 0.623. The first-order valence-electron chi connectivity index (χ1n) is 5.82. The minimum atomic E-state index is 0.439. The lowest BCUT2D eigenvalue weighted by atomic mass is 10.2. The van der Waals surface area contributed by atoms with E-state index >= 15 is 0 Å². The van der Waals surface area contributed by atoms with Crippen molar-refractivity contribution in [3.8, 4) is 0 Å². The predicted molar refractivity (Wildman–Crippen MR) is 80.6 cm³/mol. The van der Waals surface area contributed by atoms with E-state index in [2.05, 4.69) is 26.2 Å². The van der Waals surface area contributed by atoms with E-state index in [1.165, 1.54) is 0 Å². The summed E-state index contributed by atoms with van der Waals surface area (Å²) in [7, 11) is 0. The molecular weight excluding hydrogens is 306 g/mol. The summed E-state index contributed by atoms with van der Waals surface area (Å²) >= 11 is 3.49. The molecule has 1 heterocycles. The van der Waals surface area contributed by atoms with Crippen molar-refractivity contribution in [3.63, 3.8) is 0 Å². The summed E-state index contributed by atoms with van der Waals surface area (Å²) in [5.41, 5.74) is 9.86. The molecule has 0 bridgehead atoms. The first kappa shape index (κ1) is 12.0. The van der Waals surface area contributed by atoms with Crippen LogP contribution < -0.4 is 11.1 Å². The Morgan fingerprint density at radius 1 is 1.21 bits per heavy atom. The summed E-state index contributed by atoms with van der Waals surface area (Å²) in [4.78, 5) is 4.36. The molecule has 19 heavy (non-hydrogen) atoms. The van der Waals surface area contributed by atoms with Crippen molar-refractivity contribution in [3.05, 3.63) is 46.4 Å². The molecule has 0 unspecified atom stereocenters. The maximum absolute atomic E-state index is 5.86. The lowest BCUT2D eigenvalue weighted by Crippen LogP contribution is -1.93. The fourth-order valence-corrected chi connectivity index (χ4v) is 2.25. The molecule has 0 saturated carbocycles. The highest BCUT2D eigenvalue weighted by Crippen LogP contribution is 2.29. The number of nitrogens with two attached hydrogens (primary N) is 1. The van der Waals surface area contributed by atoms with Crippen LogP contribution in [0.1, 0.15) is 5.56 Å². The van der Waals surface area contributed by atoms with Gasteiger partial charge in [0.2, 0.25) is 0 Å². The van der Waals surface area contributed by atoms with E-state index in [9.17, 15) is 0 Å². The van der Waals surface area contributed by atoms with Gasteiger partial charge in [-0.1, -0.05) is 28.1 Å². The summed E-state index contributed by atoms with van der Waals surface area (Å²) in [6.45, 7) is 2.02. The zero-order valence-corrected chi connectivity index (χ0v) is 11.9. The summed E-state index contributed by atoms with van der Waals surface area (Å²) < 4.78 is 6.67. The molecule has 0 spiro atoms. The number of benzene rings is 2. The van der Waals surface area contributed by atoms with Crippen LogP contribution in [0.3, 0.4) is 0 Å². The molecule has 2 aromatic carbocycles. The molecule has 0 atom stereocenters. The number of nitrogens with one attached hydrogen (secondary N) is 1. The molecule has 0 aliphatic carbocycles. The van der Waals surface area contributed by atoms with Crippen molar-refractivity contribution < 1.29 is 4.42 Å². The number of para-hydroxylation sites is 1. The highest BCUT2D eigenvalue weighted by atomic mass is 79.9. The van der Waals surface area contributed by atoms with Crippen molar-refractivity contribution >= 4 is 44.4 Å². The Bertz CT molecular complexity index is 752. The molecular formula is C14H12BrN3O. The number of halogens is 1. The van der Waals surface area contributed by atoms with E-state index in [0.29, 0.717) is 22.8 Å². The lowest BCUT2D eigenvalue weighted by Gasteiger charge is -2.06. The standard InChI is InChI=1S/C14H12BrN3O/c1-8-9(15)4-2-6-11(8)17-14-18-13-10(16)5-3-7-12(13)19-14/h2-7H,16H2,1H3,(H,17,18). The van der Waals surface area contributed by atoms with Crippen LogP contribution >= 0.6 is 15.9 Å². The molecule has 0 aliphatic rings. The predicted octanol–water partition coefficient (Wildman–Crippen LogP) is 4.22. The summed E-state index contributed by atoms with van der Waals surface area (Å²) in [5.74, 6) is 0. The van der Waals surface area contributed by atoms with Crippen LogP contribution in [0.25, 0.3) is 11.1 Å². The highest BCUT2D eigenvalue weighted by molar-refractivity contribution is 9.10. The molecule has 1 aromatic heterocycles. The molecule has 0 fully saturated rings. The number of fused-ring (bicyclic) bond motifs is 1. The van der Waals surface area contributed by atoms with Gasteiger partial charge in [0, 0.05) is 10.2 Å². The second-order valence-corrected chi connectivity index (χ2v) is 5.10. The maximum Gasteiger partial charge on any atom is 0.300 e. The van der Waals surface area contributed by atoms with Crippen molar-refractivity contribution in [2.45, 2.75) is 6.92 Å². The van der Waals surface area contributed by atoms with Gasteiger partial charge < -0.3 is 15.5 Å². The van der Waals surface area contributed by atoms with Crippen LogP contribution in [0.4, 0.5) is 17.4 Å². The van der Waals surface area contributed by atoms with Crippen LogP contribution in [0.5, 0.6) is 0 Å². The third-order valence-corrected chi connectivity index (χ3v) is 3.82. The van der Waals surface area contributed by atoms with Gasteiger partial charge in [-0.2, -0.15) is 4.98 Å². The van der Waals surface area contributed by atoms with Gasteiger partial charge in [-0.05, 0) is 36.8 Å². The van der Waals surface area contributed by atoms with Gasteiger partial charge in [0.1, 0.15) is 5.52 Å². The minimum absolute atomic E-state index is 0.439. The smallest absolute Gasteiger partial charge is 0.300 e. The molecule has 3 rings (SSSR count). The van der Waals surface area contributed by atoms with Crippen molar-refractivity contribution in [2.24, 2.45) is 0 Å². The normalized spacial score (nSPS) is 10.8. The van der Waals surface area contributed by atoms with Crippen LogP contribution in [0, 0.1) is 6.92 Å². The van der Waals surface area contributed by atoms with Crippen LogP contribution in [0.15, 0.2) is 45.3 Å². The zero-order valence-electron chi connectivity index (χ0n) is 10.3. The van der Waals surface area contributed by atoms with Gasteiger partial charge in [0.25, 0.3) is 6.01 Å². The third-order valence-electron chi connectivity index (χ3n) is 2.96. The van der Waals surface area contributed by atoms with E-state index in [4.69, 9.17) is 10.2 Å². The Hall–Kier alpha value is -2.01. The fraction of sp³-hybridized carbons (Fsp3) is 0.0714. The monoisotopic (exact) mass is 317 g/mol. The zero-order chi connectivity index (χ0) is 13.4. The summed E-state index contributed by atoms with van der Waals surface area (Å²) in [6.07, 6.45) is 0. The summed E-state index contributed by atoms with van der Waals surface area (Å²) in [6, 6.07) is 11.8. The van der Waals surface area contributed by atoms with E-state index in [1.807, 2.05) is 37.3 Å². The molecule has 0 aliphatic heterocycles. The van der Waals surface area contributed by atoms with Crippen molar-refractivity contribution in [1.29, 1.82) is 0 Å². The maximum atomic E-state index is 5.86. The van der Waals surface area contributed by atoms with Gasteiger partial charge in [0.15, 0.2) is 5.58 Å². The van der Waals surface area contributed by atoms with E-state index in [-0.39, 0.29) is 0 Å². The average molecular weight is 318 g/mol. The SMILES string of the molecule is Cc1c(Br)cccc1Nc1nc2c(N)cccc2o1. The van der Waals surface area contributed by atoms with Crippen molar-refractivity contribution in [2.75, 3.05) is 11.1 Å². The molecule has 96 valence electrons. The summed E-state index contributed by atoms with van der Waals surface area (Å²) in [5, 5.41) is 3.17. The quantitative estimate of drug-likeness (QED) is 0.694. The number of aromatic nitrogens is 1. The second kappa shape index (κ2) is 4.59. The Labute approximate surface area is 118 Å². The second-order valence-electron chi connectivity index (χ2n) is 4.25. The number of rotatable bonds is 2. The molecule has 0 amide bonds. The van der Waals surface area contributed by atoms with E-state index in [1.54, 1.807) is 6.07 Å². The Kier molecular flexibility index (Phi) is 2.91. The molecule has 4 nitrogen and oxygen atoms in total. The van der Waals surface area contributed by atoms with E-state index < -0.39 is 0 Å². The number of anilines is 3. The van der Waals surface area contributed by atoms with Gasteiger partial charge in [0.05, 0.1) is 5.69 Å². The molecule has 0 saturated heterocycles. The largest absolute Gasteiger partial charge is 0.423 e. The van der Waals surface area contributed by atoms with Gasteiger partial charge in [-0.15, -0.1) is 0 Å². The van der Waals surface area contributed by atoms with Crippen molar-refractivity contribution in [1.82, 2.24) is 4.98 Å². The van der Waals surface area contributed by atoms with Crippen LogP contribution in [-0.4, -0.2) is 4.98 Å². The van der Waals surface area contributed by atoms with Crippen LogP contribution in [-0.2, 0) is 0 Å². The Morgan fingerprint density at radius 2 is 2.00 bits per heavy atom. The third kappa shape index (κ3) is 2.17. The first-order valence-corrected chi connectivity index (χ1v) is 6.61. The number of oxazole rings is 1. The van der Waals surface area contributed by atoms with Gasteiger partial charge >= 0.3 is 0 Å². The molecule has 3 aromatic rings. The minimum Gasteiger partial charge on any atom is -0.423 e. The van der Waals surface area contributed by atoms with Gasteiger partial charge in [-0.25, -0.2) is 0 Å². The Balaban J connectivity index is 2.02. The van der Waals surface area contributed by atoms with Crippen LogP contribution in [0.2, 0.25) is 0 Å². The molecule has 3 N–H and O–H groups in total. The van der Waals surface area contributed by atoms with Gasteiger partial charge in [-0.3, -0.25) is 0 Å². The number of hydrogen-bond acceptors (Lipinski definition) is 4. The van der Waals surface area contributed by atoms with E-state index in [0.717, 1.165) is 15.7 Å². The number of hydrogen-bond donors (Lipinski definition) is 2. The fourth-order valence-electron chi connectivity index (χ4n) is 1.88.